The first-order valence-corrected chi connectivity index (χ1v) is 4.28. The van der Waals surface area contributed by atoms with E-state index in [1.165, 1.54) is 0 Å². The fourth-order valence-electron chi connectivity index (χ4n) is 1.44. The fraction of sp³-hybridized carbons (Fsp3) is 0.833. The van der Waals surface area contributed by atoms with Crippen molar-refractivity contribution >= 4 is 12.2 Å². The summed E-state index contributed by atoms with van der Waals surface area (Å²) in [5.74, 6) is 0. The average molecular weight is 186 g/mol. The molecule has 1 atom stereocenters. The number of hydrogen-bond donors (Lipinski definition) is 1. The second-order valence-electron chi connectivity index (χ2n) is 3.05. The summed E-state index contributed by atoms with van der Waals surface area (Å²) < 4.78 is 7.67. The van der Waals surface area contributed by atoms with Gasteiger partial charge in [0.15, 0.2) is 5.72 Å². The minimum atomic E-state index is -0.385. The number of hydrogen-bond acceptors (Lipinski definition) is 4. The Kier molecular flexibility index (Phi) is 1.73. The van der Waals surface area contributed by atoms with E-state index in [1.807, 2.05) is 6.92 Å². The first-order chi connectivity index (χ1) is 5.72. The molecule has 0 aromatic carbocycles. The molecular formula is C6H10N4OS. The van der Waals surface area contributed by atoms with E-state index in [4.69, 9.17) is 17.0 Å². The van der Waals surface area contributed by atoms with Gasteiger partial charge < -0.3 is 4.74 Å². The summed E-state index contributed by atoms with van der Waals surface area (Å²) in [7, 11) is 0. The minimum Gasteiger partial charge on any atom is -0.354 e. The van der Waals surface area contributed by atoms with E-state index in [2.05, 4.69) is 15.5 Å². The van der Waals surface area contributed by atoms with E-state index in [0.29, 0.717) is 4.77 Å². The first kappa shape index (κ1) is 7.88. The van der Waals surface area contributed by atoms with Gasteiger partial charge in [0, 0.05) is 6.61 Å². The van der Waals surface area contributed by atoms with Crippen molar-refractivity contribution in [1.82, 2.24) is 20.2 Å². The molecular weight excluding hydrogens is 176 g/mol. The van der Waals surface area contributed by atoms with Crippen molar-refractivity contribution in [3.05, 3.63) is 4.77 Å². The van der Waals surface area contributed by atoms with Crippen LogP contribution in [0.3, 0.4) is 0 Å². The van der Waals surface area contributed by atoms with Gasteiger partial charge in [0.2, 0.25) is 4.77 Å². The molecule has 1 aromatic heterocycles. The van der Waals surface area contributed by atoms with Gasteiger partial charge in [-0.3, -0.25) is 0 Å². The van der Waals surface area contributed by atoms with Crippen LogP contribution in [0.4, 0.5) is 0 Å². The number of rotatable bonds is 1. The van der Waals surface area contributed by atoms with Crippen LogP contribution in [0.15, 0.2) is 0 Å². The SMILES string of the molecule is CC1(n2nn[nH]c2=S)CCCO1. The highest BCUT2D eigenvalue weighted by molar-refractivity contribution is 7.71. The maximum atomic E-state index is 5.54. The molecule has 2 rings (SSSR count). The molecule has 0 saturated carbocycles. The van der Waals surface area contributed by atoms with Gasteiger partial charge in [0.1, 0.15) is 0 Å². The van der Waals surface area contributed by atoms with Gasteiger partial charge >= 0.3 is 0 Å². The van der Waals surface area contributed by atoms with E-state index in [9.17, 15) is 0 Å². The summed E-state index contributed by atoms with van der Waals surface area (Å²) in [5, 5.41) is 10.1. The standard InChI is InChI=1S/C6H10N4OS/c1-6(3-2-4-11-6)10-5(12)7-8-9-10/h2-4H2,1H3,(H,7,9,12). The zero-order valence-corrected chi connectivity index (χ0v) is 7.60. The van der Waals surface area contributed by atoms with Gasteiger partial charge in [-0.2, -0.15) is 4.68 Å². The molecule has 12 heavy (non-hydrogen) atoms. The molecule has 1 N–H and O–H groups in total. The maximum Gasteiger partial charge on any atom is 0.215 e. The normalized spacial score (nSPS) is 29.4. The van der Waals surface area contributed by atoms with E-state index >= 15 is 0 Å². The molecule has 5 nitrogen and oxygen atoms in total. The lowest BCUT2D eigenvalue weighted by Gasteiger charge is -2.21. The topological polar surface area (TPSA) is 55.7 Å². The molecule has 1 aliphatic rings. The zero-order valence-electron chi connectivity index (χ0n) is 6.78. The number of aromatic amines is 1. The number of aromatic nitrogens is 4. The third-order valence-corrected chi connectivity index (χ3v) is 2.38. The van der Waals surface area contributed by atoms with Crippen LogP contribution in [0, 0.1) is 4.77 Å². The van der Waals surface area contributed by atoms with Crippen molar-refractivity contribution in [3.63, 3.8) is 0 Å². The molecule has 0 amide bonds. The van der Waals surface area contributed by atoms with Gasteiger partial charge in [-0.05, 0) is 42.4 Å². The maximum absolute atomic E-state index is 5.54. The van der Waals surface area contributed by atoms with E-state index in [0.717, 1.165) is 19.4 Å². The molecule has 1 saturated heterocycles. The van der Waals surface area contributed by atoms with Crippen molar-refractivity contribution in [2.75, 3.05) is 6.61 Å². The molecule has 1 unspecified atom stereocenters. The first-order valence-electron chi connectivity index (χ1n) is 3.87. The molecule has 1 aliphatic heterocycles. The lowest BCUT2D eigenvalue weighted by molar-refractivity contribution is -0.0579. The van der Waals surface area contributed by atoms with Crippen molar-refractivity contribution in [2.24, 2.45) is 0 Å². The number of nitrogens with one attached hydrogen (secondary N) is 1. The third-order valence-electron chi connectivity index (χ3n) is 2.12. The summed E-state index contributed by atoms with van der Waals surface area (Å²) >= 11 is 5.00. The molecule has 0 bridgehead atoms. The summed E-state index contributed by atoms with van der Waals surface area (Å²) in [6.45, 7) is 2.74. The van der Waals surface area contributed by atoms with Crippen molar-refractivity contribution in [1.29, 1.82) is 0 Å². The fourth-order valence-corrected chi connectivity index (χ4v) is 1.71. The number of ether oxygens (including phenoxy) is 1. The molecule has 0 aliphatic carbocycles. The Morgan fingerprint density at radius 3 is 3.08 bits per heavy atom. The van der Waals surface area contributed by atoms with E-state index in [1.54, 1.807) is 4.68 Å². The molecule has 2 heterocycles. The molecule has 66 valence electrons. The summed E-state index contributed by atoms with van der Waals surface area (Å²) in [5.41, 5.74) is -0.385. The van der Waals surface area contributed by atoms with Crippen LogP contribution < -0.4 is 0 Å². The van der Waals surface area contributed by atoms with Gasteiger partial charge in [0.25, 0.3) is 0 Å². The van der Waals surface area contributed by atoms with Gasteiger partial charge in [-0.15, -0.1) is 0 Å². The predicted octanol–water partition coefficient (Wildman–Crippen LogP) is 0.819. The minimum absolute atomic E-state index is 0.385. The van der Waals surface area contributed by atoms with E-state index in [-0.39, 0.29) is 5.72 Å². The predicted molar refractivity (Wildman–Crippen MR) is 44.0 cm³/mol. The highest BCUT2D eigenvalue weighted by atomic mass is 32.1. The summed E-state index contributed by atoms with van der Waals surface area (Å²) in [6, 6.07) is 0. The van der Waals surface area contributed by atoms with Crippen LogP contribution in [0.5, 0.6) is 0 Å². The Balaban J connectivity index is 2.41. The zero-order chi connectivity index (χ0) is 8.60. The smallest absolute Gasteiger partial charge is 0.215 e. The highest BCUT2D eigenvalue weighted by Crippen LogP contribution is 2.28. The van der Waals surface area contributed by atoms with Gasteiger partial charge in [-0.25, -0.2) is 5.10 Å². The van der Waals surface area contributed by atoms with Crippen LogP contribution in [0.1, 0.15) is 19.8 Å². The Bertz CT molecular complexity index is 324. The largest absolute Gasteiger partial charge is 0.354 e. The van der Waals surface area contributed by atoms with E-state index < -0.39 is 0 Å². The van der Waals surface area contributed by atoms with Gasteiger partial charge in [-0.1, -0.05) is 0 Å². The Labute approximate surface area is 74.7 Å². The number of H-pyrrole nitrogens is 1. The Morgan fingerprint density at radius 2 is 2.58 bits per heavy atom. The van der Waals surface area contributed by atoms with Crippen LogP contribution in [0.25, 0.3) is 0 Å². The van der Waals surface area contributed by atoms with Crippen LogP contribution in [-0.4, -0.2) is 26.8 Å². The lowest BCUT2D eigenvalue weighted by atomic mass is 10.2. The third kappa shape index (κ3) is 1.07. The average Bonchev–Trinajstić information content (AvgIpc) is 2.59. The van der Waals surface area contributed by atoms with Crippen molar-refractivity contribution in [2.45, 2.75) is 25.5 Å². The number of nitrogens with zero attached hydrogens (tertiary/aromatic N) is 3. The Hall–Kier alpha value is -0.750. The highest BCUT2D eigenvalue weighted by Gasteiger charge is 2.33. The quantitative estimate of drug-likeness (QED) is 0.660. The summed E-state index contributed by atoms with van der Waals surface area (Å²) in [4.78, 5) is 0. The number of tetrazole rings is 1. The van der Waals surface area contributed by atoms with Crippen LogP contribution in [-0.2, 0) is 10.5 Å². The summed E-state index contributed by atoms with van der Waals surface area (Å²) in [6.07, 6.45) is 1.99. The molecule has 6 heteroatoms. The van der Waals surface area contributed by atoms with Crippen molar-refractivity contribution in [3.8, 4) is 0 Å². The Morgan fingerprint density at radius 1 is 1.75 bits per heavy atom. The second kappa shape index (κ2) is 2.63. The second-order valence-corrected chi connectivity index (χ2v) is 3.43. The van der Waals surface area contributed by atoms with Crippen LogP contribution >= 0.6 is 12.2 Å². The van der Waals surface area contributed by atoms with Crippen LogP contribution in [0.2, 0.25) is 0 Å². The lowest BCUT2D eigenvalue weighted by Crippen LogP contribution is -2.30. The molecule has 1 aromatic rings. The molecule has 1 fully saturated rings. The molecule has 0 spiro atoms. The molecule has 0 radical (unpaired) electrons. The van der Waals surface area contributed by atoms with Gasteiger partial charge in [0.05, 0.1) is 0 Å². The van der Waals surface area contributed by atoms with Crippen molar-refractivity contribution < 1.29 is 4.74 Å². The monoisotopic (exact) mass is 186 g/mol.